The Kier molecular flexibility index (Phi) is 4.72. The molecule has 8 nitrogen and oxygen atoms in total. The summed E-state index contributed by atoms with van der Waals surface area (Å²) in [5.41, 5.74) is 0.736. The standard InChI is InChI=1S/C11H10N2O6/c14-2-1-12-9(15)6-3-7(10(16)13-19)5-8(4-6)11(17)18/h2-5,19H,1H2,(H,12,15)(H,13,16)(H,17,18). The van der Waals surface area contributed by atoms with Crippen molar-refractivity contribution in [3.8, 4) is 0 Å². The largest absolute Gasteiger partial charge is 0.478 e. The fourth-order valence-corrected chi connectivity index (χ4v) is 1.31. The first-order valence-corrected chi connectivity index (χ1v) is 5.04. The molecule has 8 heteroatoms. The number of aromatic carboxylic acids is 1. The van der Waals surface area contributed by atoms with Crippen LogP contribution in [0.3, 0.4) is 0 Å². The van der Waals surface area contributed by atoms with E-state index in [1.165, 1.54) is 5.48 Å². The summed E-state index contributed by atoms with van der Waals surface area (Å²) < 4.78 is 0. The van der Waals surface area contributed by atoms with Crippen LogP contribution in [-0.2, 0) is 4.79 Å². The minimum absolute atomic E-state index is 0.111. The Morgan fingerprint density at radius 3 is 2.05 bits per heavy atom. The number of carboxylic acids is 1. The van der Waals surface area contributed by atoms with E-state index in [4.69, 9.17) is 10.3 Å². The molecule has 0 saturated heterocycles. The normalized spacial score (nSPS) is 9.53. The molecule has 1 aromatic carbocycles. The molecule has 0 saturated carbocycles. The lowest BCUT2D eigenvalue weighted by molar-refractivity contribution is -0.107. The van der Waals surface area contributed by atoms with Crippen LogP contribution in [0.5, 0.6) is 0 Å². The second kappa shape index (κ2) is 6.26. The summed E-state index contributed by atoms with van der Waals surface area (Å²) in [5, 5.41) is 19.6. The van der Waals surface area contributed by atoms with Gasteiger partial charge in [-0.15, -0.1) is 0 Å². The molecule has 0 bridgehead atoms. The lowest BCUT2D eigenvalue weighted by atomic mass is 10.0. The zero-order chi connectivity index (χ0) is 14.4. The molecule has 1 rings (SSSR count). The summed E-state index contributed by atoms with van der Waals surface area (Å²) in [6.07, 6.45) is 0.459. The number of carbonyl (C=O) groups is 4. The average Bonchev–Trinajstić information content (AvgIpc) is 2.43. The van der Waals surface area contributed by atoms with E-state index in [2.05, 4.69) is 5.32 Å². The number of hydrogen-bond donors (Lipinski definition) is 4. The highest BCUT2D eigenvalue weighted by molar-refractivity contribution is 6.03. The summed E-state index contributed by atoms with van der Waals surface area (Å²) in [5.74, 6) is -2.99. The second-order valence-corrected chi connectivity index (χ2v) is 3.42. The summed E-state index contributed by atoms with van der Waals surface area (Å²) >= 11 is 0. The minimum Gasteiger partial charge on any atom is -0.478 e. The van der Waals surface area contributed by atoms with Gasteiger partial charge >= 0.3 is 5.97 Å². The number of benzene rings is 1. The Morgan fingerprint density at radius 2 is 1.58 bits per heavy atom. The van der Waals surface area contributed by atoms with Crippen LogP contribution < -0.4 is 10.8 Å². The van der Waals surface area contributed by atoms with Crippen molar-refractivity contribution in [1.29, 1.82) is 0 Å². The van der Waals surface area contributed by atoms with Gasteiger partial charge in [0.1, 0.15) is 6.29 Å². The zero-order valence-electron chi connectivity index (χ0n) is 9.54. The summed E-state index contributed by atoms with van der Waals surface area (Å²) in [6, 6.07) is 3.15. The van der Waals surface area contributed by atoms with Crippen molar-refractivity contribution < 1.29 is 29.5 Å². The molecule has 1 aromatic rings. The SMILES string of the molecule is O=CCNC(=O)c1cc(C(=O)O)cc(C(=O)NO)c1. The van der Waals surface area contributed by atoms with E-state index in [-0.39, 0.29) is 23.2 Å². The van der Waals surface area contributed by atoms with Gasteiger partial charge in [-0.25, -0.2) is 10.3 Å². The summed E-state index contributed by atoms with van der Waals surface area (Å²) in [4.78, 5) is 43.8. The highest BCUT2D eigenvalue weighted by Gasteiger charge is 2.15. The van der Waals surface area contributed by atoms with E-state index in [0.29, 0.717) is 6.29 Å². The number of aldehydes is 1. The smallest absolute Gasteiger partial charge is 0.335 e. The number of hydrogen-bond acceptors (Lipinski definition) is 5. The van der Waals surface area contributed by atoms with Gasteiger partial charge in [-0.1, -0.05) is 0 Å². The number of hydroxylamine groups is 1. The zero-order valence-corrected chi connectivity index (χ0v) is 9.54. The van der Waals surface area contributed by atoms with E-state index in [1.54, 1.807) is 0 Å². The molecule has 0 spiro atoms. The predicted octanol–water partition coefficient (Wildman–Crippen LogP) is -0.567. The Bertz CT molecular complexity index is 540. The van der Waals surface area contributed by atoms with Gasteiger partial charge in [-0.3, -0.25) is 14.8 Å². The Morgan fingerprint density at radius 1 is 1.05 bits per heavy atom. The number of carbonyl (C=O) groups excluding carboxylic acids is 3. The quantitative estimate of drug-likeness (QED) is 0.320. The molecule has 0 aliphatic heterocycles. The van der Waals surface area contributed by atoms with Gasteiger partial charge in [0.05, 0.1) is 12.1 Å². The maximum atomic E-state index is 11.6. The predicted molar refractivity (Wildman–Crippen MR) is 61.1 cm³/mol. The van der Waals surface area contributed by atoms with Crippen molar-refractivity contribution in [3.05, 3.63) is 34.9 Å². The van der Waals surface area contributed by atoms with Crippen molar-refractivity contribution in [3.63, 3.8) is 0 Å². The van der Waals surface area contributed by atoms with Gasteiger partial charge in [0.25, 0.3) is 11.8 Å². The van der Waals surface area contributed by atoms with Crippen molar-refractivity contribution in [2.24, 2.45) is 0 Å². The van der Waals surface area contributed by atoms with Crippen LogP contribution in [0.4, 0.5) is 0 Å². The number of nitrogens with one attached hydrogen (secondary N) is 2. The molecule has 0 unspecified atom stereocenters. The van der Waals surface area contributed by atoms with Crippen LogP contribution in [-0.4, -0.2) is 40.9 Å². The fourth-order valence-electron chi connectivity index (χ4n) is 1.31. The number of carboxylic acid groups (broad SMARTS) is 1. The van der Waals surface area contributed by atoms with E-state index in [9.17, 15) is 19.2 Å². The third-order valence-electron chi connectivity index (χ3n) is 2.15. The Balaban J connectivity index is 3.19. The van der Waals surface area contributed by atoms with Crippen LogP contribution in [0, 0.1) is 0 Å². The molecule has 0 atom stereocenters. The number of rotatable bonds is 5. The van der Waals surface area contributed by atoms with Crippen LogP contribution in [0.2, 0.25) is 0 Å². The molecule has 100 valence electrons. The van der Waals surface area contributed by atoms with Crippen LogP contribution in [0.1, 0.15) is 31.1 Å². The molecule has 0 aromatic heterocycles. The van der Waals surface area contributed by atoms with Gasteiger partial charge in [-0.2, -0.15) is 0 Å². The molecule has 4 N–H and O–H groups in total. The van der Waals surface area contributed by atoms with E-state index < -0.39 is 17.8 Å². The minimum atomic E-state index is -1.34. The first kappa shape index (κ1) is 14.3. The fraction of sp³-hybridized carbons (Fsp3) is 0.0909. The summed E-state index contributed by atoms with van der Waals surface area (Å²) in [6.45, 7) is -0.238. The van der Waals surface area contributed by atoms with Gasteiger partial charge in [-0.05, 0) is 18.2 Å². The molecule has 0 aliphatic carbocycles. The topological polar surface area (TPSA) is 133 Å². The monoisotopic (exact) mass is 266 g/mol. The maximum Gasteiger partial charge on any atom is 0.335 e. The van der Waals surface area contributed by atoms with Gasteiger partial charge in [0.15, 0.2) is 0 Å². The van der Waals surface area contributed by atoms with Gasteiger partial charge < -0.3 is 15.2 Å². The molecule has 2 amide bonds. The van der Waals surface area contributed by atoms with Crippen molar-refractivity contribution in [2.45, 2.75) is 0 Å². The van der Waals surface area contributed by atoms with E-state index in [1.807, 2.05) is 0 Å². The van der Waals surface area contributed by atoms with Crippen LogP contribution >= 0.6 is 0 Å². The average molecular weight is 266 g/mol. The maximum absolute atomic E-state index is 11.6. The highest BCUT2D eigenvalue weighted by Crippen LogP contribution is 2.11. The Hall–Kier alpha value is -2.74. The molecule has 0 heterocycles. The third kappa shape index (κ3) is 3.61. The molecule has 19 heavy (non-hydrogen) atoms. The molecular weight excluding hydrogens is 256 g/mol. The molecule has 0 radical (unpaired) electrons. The third-order valence-corrected chi connectivity index (χ3v) is 2.15. The Labute approximate surface area is 107 Å². The second-order valence-electron chi connectivity index (χ2n) is 3.42. The highest BCUT2D eigenvalue weighted by atomic mass is 16.5. The van der Waals surface area contributed by atoms with Crippen molar-refractivity contribution in [2.75, 3.05) is 6.54 Å². The van der Waals surface area contributed by atoms with Gasteiger partial charge in [0.2, 0.25) is 0 Å². The van der Waals surface area contributed by atoms with Crippen LogP contribution in [0.25, 0.3) is 0 Å². The van der Waals surface area contributed by atoms with E-state index in [0.717, 1.165) is 18.2 Å². The molecule has 0 fully saturated rings. The lowest BCUT2D eigenvalue weighted by Crippen LogP contribution is -2.26. The van der Waals surface area contributed by atoms with Crippen molar-refractivity contribution in [1.82, 2.24) is 10.8 Å². The number of amides is 2. The first-order valence-electron chi connectivity index (χ1n) is 5.04. The van der Waals surface area contributed by atoms with Crippen LogP contribution in [0.15, 0.2) is 18.2 Å². The lowest BCUT2D eigenvalue weighted by Gasteiger charge is -2.06. The first-order chi connectivity index (χ1) is 8.99. The van der Waals surface area contributed by atoms with Crippen molar-refractivity contribution >= 4 is 24.1 Å². The molecular formula is C11H10N2O6. The molecule has 0 aliphatic rings. The van der Waals surface area contributed by atoms with Gasteiger partial charge in [0, 0.05) is 11.1 Å². The van der Waals surface area contributed by atoms with E-state index >= 15 is 0 Å². The summed E-state index contributed by atoms with van der Waals surface area (Å²) in [7, 11) is 0.